The van der Waals surface area contributed by atoms with Crippen LogP contribution in [0.25, 0.3) is 0 Å². The fraction of sp³-hybridized carbons (Fsp3) is 0.818. The molecule has 0 saturated heterocycles. The molecule has 0 aliphatic carbocycles. The molecule has 2 N–H and O–H groups in total. The van der Waals surface area contributed by atoms with Crippen LogP contribution in [-0.4, -0.2) is 54.9 Å². The zero-order chi connectivity index (χ0) is 13.6. The first-order valence-corrected chi connectivity index (χ1v) is 5.57. The van der Waals surface area contributed by atoms with Gasteiger partial charge in [-0.25, -0.2) is 9.59 Å². The second-order valence-electron chi connectivity index (χ2n) is 4.34. The van der Waals surface area contributed by atoms with Crippen LogP contribution >= 0.6 is 0 Å². The lowest BCUT2D eigenvalue weighted by Crippen LogP contribution is -2.47. The normalized spacial score (nSPS) is 14.2. The summed E-state index contributed by atoms with van der Waals surface area (Å²) in [6.45, 7) is 5.93. The summed E-state index contributed by atoms with van der Waals surface area (Å²) >= 11 is 0. The first-order valence-electron chi connectivity index (χ1n) is 5.57. The number of nitrogens with zero attached hydrogens (tertiary/aromatic N) is 1. The fourth-order valence-corrected chi connectivity index (χ4v) is 1.21. The number of hydrogen-bond donors (Lipinski definition) is 2. The molecule has 0 bridgehead atoms. The van der Waals surface area contributed by atoms with Crippen LogP contribution in [0.2, 0.25) is 0 Å². The lowest BCUT2D eigenvalue weighted by Gasteiger charge is -2.28. The molecule has 17 heavy (non-hydrogen) atoms. The zero-order valence-electron chi connectivity index (χ0n) is 11.1. The van der Waals surface area contributed by atoms with Crippen molar-refractivity contribution in [3.8, 4) is 0 Å². The highest BCUT2D eigenvalue weighted by Gasteiger charge is 2.21. The van der Waals surface area contributed by atoms with Gasteiger partial charge in [0.15, 0.2) is 6.10 Å². The molecular weight excluding hydrogens is 224 g/mol. The lowest BCUT2D eigenvalue weighted by atomic mass is 10.1. The number of urea groups is 1. The van der Waals surface area contributed by atoms with E-state index in [4.69, 9.17) is 9.84 Å². The Balaban J connectivity index is 4.22. The summed E-state index contributed by atoms with van der Waals surface area (Å²) in [7, 11) is 2.98. The molecule has 0 spiro atoms. The number of nitrogens with one attached hydrogen (secondary N) is 1. The van der Waals surface area contributed by atoms with Crippen molar-refractivity contribution in [2.45, 2.75) is 32.9 Å². The number of carboxylic acids is 1. The van der Waals surface area contributed by atoms with E-state index in [2.05, 4.69) is 5.32 Å². The van der Waals surface area contributed by atoms with Crippen molar-refractivity contribution >= 4 is 12.0 Å². The number of carbonyl (C=O) groups excluding carboxylic acids is 1. The molecule has 2 amide bonds. The Bertz CT molecular complexity index is 268. The maximum atomic E-state index is 11.7. The molecule has 0 saturated carbocycles. The number of rotatable bonds is 6. The van der Waals surface area contributed by atoms with Gasteiger partial charge in [-0.15, -0.1) is 0 Å². The van der Waals surface area contributed by atoms with E-state index in [1.165, 1.54) is 7.11 Å². The molecule has 2 atom stereocenters. The van der Waals surface area contributed by atoms with Gasteiger partial charge in [0.2, 0.25) is 0 Å². The molecule has 0 aromatic carbocycles. The van der Waals surface area contributed by atoms with Crippen LogP contribution < -0.4 is 5.32 Å². The molecule has 0 aromatic rings. The molecule has 6 heteroatoms. The molecule has 0 aliphatic rings. The van der Waals surface area contributed by atoms with Crippen LogP contribution in [0, 0.1) is 5.92 Å². The van der Waals surface area contributed by atoms with E-state index in [9.17, 15) is 9.59 Å². The Morgan fingerprint density at radius 3 is 2.24 bits per heavy atom. The van der Waals surface area contributed by atoms with E-state index in [-0.39, 0.29) is 18.6 Å². The molecule has 0 aliphatic heterocycles. The summed E-state index contributed by atoms with van der Waals surface area (Å²) in [5.41, 5.74) is 0. The van der Waals surface area contributed by atoms with Gasteiger partial charge < -0.3 is 20.1 Å². The molecule has 2 unspecified atom stereocenters. The number of methoxy groups -OCH3 is 1. The van der Waals surface area contributed by atoms with Crippen LogP contribution in [-0.2, 0) is 9.53 Å². The monoisotopic (exact) mass is 246 g/mol. The van der Waals surface area contributed by atoms with Gasteiger partial charge in [0, 0.05) is 20.2 Å². The Morgan fingerprint density at radius 2 is 1.88 bits per heavy atom. The topological polar surface area (TPSA) is 78.9 Å². The van der Waals surface area contributed by atoms with Gasteiger partial charge in [-0.1, -0.05) is 13.8 Å². The first kappa shape index (κ1) is 15.7. The molecule has 0 radical (unpaired) electrons. The predicted octanol–water partition coefficient (Wildman–Crippen LogP) is 0.772. The van der Waals surface area contributed by atoms with E-state index >= 15 is 0 Å². The fourth-order valence-electron chi connectivity index (χ4n) is 1.21. The third kappa shape index (κ3) is 5.04. The minimum Gasteiger partial charge on any atom is -0.479 e. The molecule has 100 valence electrons. The molecular formula is C11H22N2O4. The minimum absolute atomic E-state index is 0.0418. The Kier molecular flexibility index (Phi) is 6.57. The van der Waals surface area contributed by atoms with Crippen molar-refractivity contribution in [1.82, 2.24) is 10.2 Å². The number of aliphatic carboxylic acids is 1. The van der Waals surface area contributed by atoms with Crippen LogP contribution in [0.5, 0.6) is 0 Å². The van der Waals surface area contributed by atoms with Crippen molar-refractivity contribution in [2.24, 2.45) is 5.92 Å². The highest BCUT2D eigenvalue weighted by atomic mass is 16.5. The summed E-state index contributed by atoms with van der Waals surface area (Å²) < 4.78 is 4.72. The maximum absolute atomic E-state index is 11.7. The van der Waals surface area contributed by atoms with Crippen molar-refractivity contribution in [3.05, 3.63) is 0 Å². The van der Waals surface area contributed by atoms with Crippen LogP contribution in [0.15, 0.2) is 0 Å². The van der Waals surface area contributed by atoms with Gasteiger partial charge in [-0.05, 0) is 12.8 Å². The van der Waals surface area contributed by atoms with E-state index in [1.807, 2.05) is 20.8 Å². The highest BCUT2D eigenvalue weighted by Crippen LogP contribution is 2.07. The summed E-state index contributed by atoms with van der Waals surface area (Å²) in [5, 5.41) is 11.3. The van der Waals surface area contributed by atoms with Gasteiger partial charge in [-0.2, -0.15) is 0 Å². The SMILES string of the molecule is COC(CNC(=O)N(C)C(C)C(C)C)C(=O)O. The Morgan fingerprint density at radius 1 is 1.35 bits per heavy atom. The Labute approximate surface area is 102 Å². The van der Waals surface area contributed by atoms with Crippen LogP contribution in [0.4, 0.5) is 4.79 Å². The maximum Gasteiger partial charge on any atom is 0.334 e. The minimum atomic E-state index is -1.09. The van der Waals surface area contributed by atoms with Crippen molar-refractivity contribution < 1.29 is 19.4 Å². The average molecular weight is 246 g/mol. The quantitative estimate of drug-likeness (QED) is 0.725. The van der Waals surface area contributed by atoms with Gasteiger partial charge in [-0.3, -0.25) is 0 Å². The van der Waals surface area contributed by atoms with E-state index in [1.54, 1.807) is 11.9 Å². The number of carbonyl (C=O) groups is 2. The van der Waals surface area contributed by atoms with Gasteiger partial charge in [0.1, 0.15) is 0 Å². The number of ether oxygens (including phenoxy) is 1. The second kappa shape index (κ2) is 7.11. The molecule has 0 rings (SSSR count). The third-order valence-electron chi connectivity index (χ3n) is 2.89. The Hall–Kier alpha value is -1.30. The predicted molar refractivity (Wildman–Crippen MR) is 63.9 cm³/mol. The van der Waals surface area contributed by atoms with Crippen molar-refractivity contribution in [2.75, 3.05) is 20.7 Å². The number of hydrogen-bond acceptors (Lipinski definition) is 3. The molecule has 0 aromatic heterocycles. The van der Waals surface area contributed by atoms with Gasteiger partial charge in [0.25, 0.3) is 0 Å². The summed E-state index contributed by atoms with van der Waals surface area (Å²) in [5.74, 6) is -0.754. The van der Waals surface area contributed by atoms with Crippen molar-refractivity contribution in [3.63, 3.8) is 0 Å². The summed E-state index contributed by atoms with van der Waals surface area (Å²) in [4.78, 5) is 23.9. The standard InChI is InChI=1S/C11H22N2O4/c1-7(2)8(3)13(4)11(16)12-6-9(17-5)10(14)15/h7-9H,6H2,1-5H3,(H,12,16)(H,14,15). The third-order valence-corrected chi connectivity index (χ3v) is 2.89. The smallest absolute Gasteiger partial charge is 0.334 e. The molecule has 6 nitrogen and oxygen atoms in total. The van der Waals surface area contributed by atoms with Crippen molar-refractivity contribution in [1.29, 1.82) is 0 Å². The van der Waals surface area contributed by atoms with Crippen LogP contribution in [0.1, 0.15) is 20.8 Å². The number of amides is 2. The average Bonchev–Trinajstić information content (AvgIpc) is 2.26. The summed E-state index contributed by atoms with van der Waals surface area (Å²) in [6, 6.07) is -0.213. The van der Waals surface area contributed by atoms with E-state index < -0.39 is 12.1 Å². The molecule has 0 fully saturated rings. The first-order chi connectivity index (χ1) is 7.81. The highest BCUT2D eigenvalue weighted by molar-refractivity contribution is 5.77. The zero-order valence-corrected chi connectivity index (χ0v) is 11.1. The van der Waals surface area contributed by atoms with E-state index in [0.717, 1.165) is 0 Å². The summed E-state index contributed by atoms with van der Waals surface area (Å²) in [6.07, 6.45) is -1.01. The van der Waals surface area contributed by atoms with Gasteiger partial charge in [0.05, 0.1) is 6.54 Å². The molecule has 0 heterocycles. The van der Waals surface area contributed by atoms with Gasteiger partial charge >= 0.3 is 12.0 Å². The number of carboxylic acid groups (broad SMARTS) is 1. The van der Waals surface area contributed by atoms with E-state index in [0.29, 0.717) is 5.92 Å². The second-order valence-corrected chi connectivity index (χ2v) is 4.34. The van der Waals surface area contributed by atoms with Crippen LogP contribution in [0.3, 0.4) is 0 Å². The largest absolute Gasteiger partial charge is 0.479 e. The lowest BCUT2D eigenvalue weighted by molar-refractivity contribution is -0.148.